The Morgan fingerprint density at radius 3 is 2.46 bits per heavy atom. The van der Waals surface area contributed by atoms with Gasteiger partial charge >= 0.3 is 5.97 Å². The van der Waals surface area contributed by atoms with E-state index in [1.807, 2.05) is 24.3 Å². The van der Waals surface area contributed by atoms with Crippen molar-refractivity contribution in [3.63, 3.8) is 0 Å². The topological polar surface area (TPSA) is 106 Å². The third-order valence-corrected chi connectivity index (χ3v) is 7.50. The highest BCUT2D eigenvalue weighted by Crippen LogP contribution is 2.35. The van der Waals surface area contributed by atoms with Crippen LogP contribution in [0.5, 0.6) is 5.75 Å². The summed E-state index contributed by atoms with van der Waals surface area (Å²) in [5, 5.41) is 26.4. The van der Waals surface area contributed by atoms with Crippen LogP contribution < -0.4 is 0 Å². The van der Waals surface area contributed by atoms with E-state index in [0.29, 0.717) is 30.2 Å². The maximum atomic E-state index is 10.9. The average molecular weight is 526 g/mol. The van der Waals surface area contributed by atoms with Crippen LogP contribution in [-0.2, 0) is 17.8 Å². The molecule has 2 heterocycles. The molecule has 202 valence electrons. The third-order valence-electron chi connectivity index (χ3n) is 7.50. The molecule has 5 rings (SSSR count). The van der Waals surface area contributed by atoms with Crippen molar-refractivity contribution >= 4 is 5.97 Å². The fourth-order valence-corrected chi connectivity index (χ4v) is 5.47. The molecule has 0 saturated carbocycles. The molecule has 1 aliphatic heterocycles. The second kappa shape index (κ2) is 11.8. The number of H-pyrrole nitrogens is 1. The van der Waals surface area contributed by atoms with Gasteiger partial charge in [-0.25, -0.2) is 4.98 Å². The Kier molecular flexibility index (Phi) is 8.05. The van der Waals surface area contributed by atoms with E-state index in [1.165, 1.54) is 5.56 Å². The van der Waals surface area contributed by atoms with Gasteiger partial charge in [0.1, 0.15) is 11.6 Å². The summed E-state index contributed by atoms with van der Waals surface area (Å²) in [5.74, 6) is 0.504. The maximum absolute atomic E-state index is 10.9. The number of aromatic nitrogens is 3. The number of hydrogen-bond acceptors (Lipinski definition) is 6. The van der Waals surface area contributed by atoms with Gasteiger partial charge in [0.15, 0.2) is 5.82 Å². The number of rotatable bonds is 9. The van der Waals surface area contributed by atoms with Crippen LogP contribution in [0.2, 0.25) is 0 Å². The van der Waals surface area contributed by atoms with Crippen molar-refractivity contribution in [2.75, 3.05) is 13.1 Å². The minimum absolute atomic E-state index is 0.00832. The smallest absolute Gasteiger partial charge is 0.303 e. The van der Waals surface area contributed by atoms with E-state index >= 15 is 0 Å². The zero-order valence-corrected chi connectivity index (χ0v) is 22.4. The maximum Gasteiger partial charge on any atom is 0.303 e. The van der Waals surface area contributed by atoms with Gasteiger partial charge in [-0.2, -0.15) is 5.10 Å². The van der Waals surface area contributed by atoms with Crippen LogP contribution in [0.25, 0.3) is 11.4 Å². The highest BCUT2D eigenvalue weighted by Gasteiger charge is 2.35. The van der Waals surface area contributed by atoms with Crippen LogP contribution in [-0.4, -0.2) is 66.3 Å². The normalized spacial score (nSPS) is 19.1. The molecule has 8 heteroatoms. The summed E-state index contributed by atoms with van der Waals surface area (Å²) >= 11 is 0. The van der Waals surface area contributed by atoms with Crippen molar-refractivity contribution < 1.29 is 15.0 Å². The number of phenols is 1. The summed E-state index contributed by atoms with van der Waals surface area (Å²) < 4.78 is 0. The molecule has 1 aliphatic rings. The summed E-state index contributed by atoms with van der Waals surface area (Å²) in [6, 6.07) is 27.0. The number of nitrogens with one attached hydrogen (secondary N) is 1. The average Bonchev–Trinajstić information content (AvgIpc) is 3.41. The zero-order valence-electron chi connectivity index (χ0n) is 22.4. The van der Waals surface area contributed by atoms with Gasteiger partial charge in [-0.3, -0.25) is 19.7 Å². The molecule has 3 atom stereocenters. The minimum Gasteiger partial charge on any atom is -0.508 e. The van der Waals surface area contributed by atoms with Crippen LogP contribution in [0.4, 0.5) is 0 Å². The third kappa shape index (κ3) is 6.35. The first kappa shape index (κ1) is 26.6. The number of piperazine rings is 1. The number of benzene rings is 3. The van der Waals surface area contributed by atoms with Crippen molar-refractivity contribution in [2.45, 2.75) is 51.4 Å². The molecule has 0 radical (unpaired) electrons. The van der Waals surface area contributed by atoms with Crippen LogP contribution in [0.3, 0.4) is 0 Å². The van der Waals surface area contributed by atoms with Crippen LogP contribution in [0.15, 0.2) is 78.9 Å². The molecule has 39 heavy (non-hydrogen) atoms. The van der Waals surface area contributed by atoms with E-state index < -0.39 is 5.97 Å². The molecular weight excluding hydrogens is 490 g/mol. The molecule has 3 N–H and O–H groups in total. The SMILES string of the molecule is CC1CN(C(c2ccc(-c3n[nH]c(CCC(=O)O)n3)cc2)c2cccc(O)c2)C(C)CN1Cc1ccccc1. The van der Waals surface area contributed by atoms with Gasteiger partial charge in [0, 0.05) is 43.7 Å². The van der Waals surface area contributed by atoms with Crippen molar-refractivity contribution in [2.24, 2.45) is 0 Å². The molecule has 0 amide bonds. The number of phenolic OH excluding ortho intramolecular Hbond substituents is 1. The number of carboxylic acid groups (broad SMARTS) is 1. The molecule has 0 spiro atoms. The van der Waals surface area contributed by atoms with Crippen LogP contribution in [0.1, 0.15) is 48.8 Å². The highest BCUT2D eigenvalue weighted by atomic mass is 16.4. The number of carbonyl (C=O) groups is 1. The molecule has 1 fully saturated rings. The summed E-state index contributed by atoms with van der Waals surface area (Å²) in [6.45, 7) is 7.33. The molecule has 0 bridgehead atoms. The summed E-state index contributed by atoms with van der Waals surface area (Å²) in [6.07, 6.45) is 0.320. The first-order valence-electron chi connectivity index (χ1n) is 13.4. The number of aliphatic carboxylic acids is 1. The number of hydrogen-bond donors (Lipinski definition) is 3. The molecule has 1 saturated heterocycles. The first-order chi connectivity index (χ1) is 18.9. The zero-order chi connectivity index (χ0) is 27.4. The number of aromatic hydroxyl groups is 1. The van der Waals surface area contributed by atoms with E-state index in [9.17, 15) is 9.90 Å². The minimum atomic E-state index is -0.861. The van der Waals surface area contributed by atoms with Gasteiger partial charge in [-0.15, -0.1) is 0 Å². The van der Waals surface area contributed by atoms with Gasteiger partial charge in [0.2, 0.25) is 0 Å². The Morgan fingerprint density at radius 2 is 1.74 bits per heavy atom. The van der Waals surface area contributed by atoms with Gasteiger partial charge in [0.25, 0.3) is 0 Å². The van der Waals surface area contributed by atoms with Crippen molar-refractivity contribution in [3.05, 3.63) is 101 Å². The fourth-order valence-electron chi connectivity index (χ4n) is 5.47. The summed E-state index contributed by atoms with van der Waals surface area (Å²) in [7, 11) is 0. The van der Waals surface area contributed by atoms with Crippen LogP contribution in [0, 0.1) is 0 Å². The van der Waals surface area contributed by atoms with Crippen molar-refractivity contribution in [1.82, 2.24) is 25.0 Å². The van der Waals surface area contributed by atoms with Crippen molar-refractivity contribution in [1.29, 1.82) is 0 Å². The number of aromatic amines is 1. The van der Waals surface area contributed by atoms with E-state index in [1.54, 1.807) is 6.07 Å². The van der Waals surface area contributed by atoms with Gasteiger partial charge in [0.05, 0.1) is 12.5 Å². The predicted octanol–water partition coefficient (Wildman–Crippen LogP) is 4.88. The predicted molar refractivity (Wildman–Crippen MR) is 150 cm³/mol. The lowest BCUT2D eigenvalue weighted by molar-refractivity contribution is -0.137. The largest absolute Gasteiger partial charge is 0.508 e. The molecule has 0 aliphatic carbocycles. The van der Waals surface area contributed by atoms with Crippen LogP contribution >= 0.6 is 0 Å². The van der Waals surface area contributed by atoms with Crippen molar-refractivity contribution in [3.8, 4) is 17.1 Å². The molecule has 3 unspecified atom stereocenters. The Bertz CT molecular complexity index is 1390. The second-order valence-electron chi connectivity index (χ2n) is 10.4. The highest BCUT2D eigenvalue weighted by molar-refractivity contribution is 5.67. The quantitative estimate of drug-likeness (QED) is 0.286. The van der Waals surface area contributed by atoms with E-state index in [-0.39, 0.29) is 18.2 Å². The Balaban J connectivity index is 1.39. The Labute approximate surface area is 228 Å². The van der Waals surface area contributed by atoms with E-state index in [2.05, 4.69) is 87.4 Å². The standard InChI is InChI=1S/C31H35N5O3/c1-21-19-36(22(2)18-35(21)20-23-7-4-3-5-8-23)30(26-9-6-10-27(37)17-26)24-11-13-25(14-12-24)31-32-28(33-34-31)15-16-29(38)39/h3-14,17,21-22,30,37H,15-16,18-20H2,1-2H3,(H,38,39)(H,32,33,34). The Morgan fingerprint density at radius 1 is 0.974 bits per heavy atom. The summed E-state index contributed by atoms with van der Waals surface area (Å²) in [5.41, 5.74) is 4.36. The first-order valence-corrected chi connectivity index (χ1v) is 13.4. The Hall–Kier alpha value is -4.01. The van der Waals surface area contributed by atoms with E-state index in [4.69, 9.17) is 5.11 Å². The van der Waals surface area contributed by atoms with Gasteiger partial charge in [-0.05, 0) is 42.7 Å². The number of carboxylic acids is 1. The molecule has 1 aromatic heterocycles. The number of aryl methyl sites for hydroxylation is 1. The molecular formula is C31H35N5O3. The fraction of sp³-hybridized carbons (Fsp3) is 0.323. The lowest BCUT2D eigenvalue weighted by atomic mass is 9.92. The monoisotopic (exact) mass is 525 g/mol. The summed E-state index contributed by atoms with van der Waals surface area (Å²) in [4.78, 5) is 20.4. The molecule has 8 nitrogen and oxygen atoms in total. The van der Waals surface area contributed by atoms with Gasteiger partial charge in [-0.1, -0.05) is 66.7 Å². The van der Waals surface area contributed by atoms with Gasteiger partial charge < -0.3 is 10.2 Å². The number of nitrogens with zero attached hydrogens (tertiary/aromatic N) is 4. The van der Waals surface area contributed by atoms with E-state index in [0.717, 1.165) is 36.3 Å². The lowest BCUT2D eigenvalue weighted by Gasteiger charge is -2.47. The second-order valence-corrected chi connectivity index (χ2v) is 10.4. The molecule has 3 aromatic carbocycles. The lowest BCUT2D eigenvalue weighted by Crippen LogP contribution is -2.56. The molecule has 4 aromatic rings.